The first-order valence-electron chi connectivity index (χ1n) is 23.8. The number of amides is 1. The van der Waals surface area contributed by atoms with Crippen molar-refractivity contribution in [3.63, 3.8) is 0 Å². The Morgan fingerprint density at radius 3 is 1.15 bits per heavy atom. The van der Waals surface area contributed by atoms with E-state index in [2.05, 4.69) is 26.1 Å². The highest BCUT2D eigenvalue weighted by atomic mass is 16.5. The van der Waals surface area contributed by atoms with E-state index >= 15 is 0 Å². The minimum atomic E-state index is -0.777. The molecule has 0 aromatic heterocycles. The van der Waals surface area contributed by atoms with Crippen molar-refractivity contribution >= 4 is 11.9 Å². The molecule has 0 bridgehead atoms. The van der Waals surface area contributed by atoms with Crippen LogP contribution in [0.2, 0.25) is 0 Å². The Morgan fingerprint density at radius 1 is 0.472 bits per heavy atom. The topological polar surface area (TPSA) is 95.9 Å². The zero-order valence-electron chi connectivity index (χ0n) is 35.9. The molecule has 0 rings (SSSR count). The molecule has 0 aliphatic rings. The van der Waals surface area contributed by atoms with Gasteiger partial charge in [-0.1, -0.05) is 226 Å². The molecule has 53 heavy (non-hydrogen) atoms. The summed E-state index contributed by atoms with van der Waals surface area (Å²) < 4.78 is 5.90. The molecule has 3 N–H and O–H groups in total. The number of rotatable bonds is 43. The summed E-state index contributed by atoms with van der Waals surface area (Å²) in [5.41, 5.74) is 0. The van der Waals surface area contributed by atoms with Gasteiger partial charge in [-0.05, 0) is 25.7 Å². The van der Waals surface area contributed by atoms with E-state index in [0.717, 1.165) is 44.9 Å². The Hall–Kier alpha value is -1.14. The summed E-state index contributed by atoms with van der Waals surface area (Å²) in [5, 5.41) is 23.7. The van der Waals surface area contributed by atoms with Crippen LogP contribution in [0.4, 0.5) is 0 Å². The van der Waals surface area contributed by atoms with Crippen LogP contribution in [0.1, 0.15) is 265 Å². The van der Waals surface area contributed by atoms with Crippen LogP contribution < -0.4 is 5.32 Å². The molecule has 0 aromatic rings. The fourth-order valence-electron chi connectivity index (χ4n) is 7.55. The Kier molecular flexibility index (Phi) is 41.1. The summed E-state index contributed by atoms with van der Waals surface area (Å²) in [4.78, 5) is 25.9. The number of carbonyl (C=O) groups is 2. The van der Waals surface area contributed by atoms with E-state index in [1.807, 2.05) is 0 Å². The lowest BCUT2D eigenvalue weighted by atomic mass is 10.0. The van der Waals surface area contributed by atoms with Crippen LogP contribution in [-0.2, 0) is 14.3 Å². The fraction of sp³-hybridized carbons (Fsp3) is 0.957. The summed E-state index contributed by atoms with van der Waals surface area (Å²) in [5.74, 6) is -0.459. The average molecular weight is 752 g/mol. The third-order valence-corrected chi connectivity index (χ3v) is 11.2. The van der Waals surface area contributed by atoms with Crippen molar-refractivity contribution in [3.05, 3.63) is 0 Å². The van der Waals surface area contributed by atoms with Gasteiger partial charge < -0.3 is 20.3 Å². The Labute approximate surface area is 330 Å². The number of carbonyl (C=O) groups excluding carboxylic acids is 2. The quantitative estimate of drug-likeness (QED) is 0.0426. The molecular formula is C47H93NO5. The van der Waals surface area contributed by atoms with Crippen LogP contribution in [0.5, 0.6) is 0 Å². The van der Waals surface area contributed by atoms with Gasteiger partial charge in [0.15, 0.2) is 0 Å². The number of ether oxygens (including phenoxy) is 1. The van der Waals surface area contributed by atoms with Crippen LogP contribution in [0.3, 0.4) is 0 Å². The van der Waals surface area contributed by atoms with E-state index in [4.69, 9.17) is 4.74 Å². The maximum Gasteiger partial charge on any atom is 0.306 e. The van der Waals surface area contributed by atoms with Crippen molar-refractivity contribution < 1.29 is 24.5 Å². The summed E-state index contributed by atoms with van der Waals surface area (Å²) in [6.45, 7) is 6.47. The molecule has 0 aliphatic carbocycles. The number of hydrogen-bond acceptors (Lipinski definition) is 5. The van der Waals surface area contributed by atoms with Gasteiger partial charge in [0, 0.05) is 6.42 Å². The predicted molar refractivity (Wildman–Crippen MR) is 227 cm³/mol. The summed E-state index contributed by atoms with van der Waals surface area (Å²) in [6, 6.07) is -0.690. The molecule has 6 heteroatoms. The van der Waals surface area contributed by atoms with E-state index in [0.29, 0.717) is 19.3 Å². The number of esters is 1. The molecule has 0 saturated heterocycles. The minimum Gasteiger partial charge on any atom is -0.462 e. The molecule has 0 radical (unpaired) electrons. The standard InChI is InChI=1S/C47H93NO5/c1-4-7-10-13-16-19-21-23-25-28-30-33-36-39-45(50)44(42-49)48-46(51)41-43(38-35-32-29-27-24-22-20-17-14-11-8-5-2)53-47(52)40-37-34-31-26-18-15-12-9-6-3/h43-45,49-50H,4-42H2,1-3H3,(H,48,51). The van der Waals surface area contributed by atoms with Crippen molar-refractivity contribution in [2.24, 2.45) is 0 Å². The SMILES string of the molecule is CCCCCCCCCCCCCCCC(O)C(CO)NC(=O)CC(CCCCCCCCCCCCCC)OC(=O)CCCCCCCCCCC. The van der Waals surface area contributed by atoms with Crippen molar-refractivity contribution in [3.8, 4) is 0 Å². The lowest BCUT2D eigenvalue weighted by molar-refractivity contribution is -0.151. The van der Waals surface area contributed by atoms with Crippen molar-refractivity contribution in [1.29, 1.82) is 0 Å². The highest BCUT2D eigenvalue weighted by molar-refractivity contribution is 5.77. The number of aliphatic hydroxyl groups excluding tert-OH is 2. The van der Waals surface area contributed by atoms with Gasteiger partial charge in [0.05, 0.1) is 25.2 Å². The third-order valence-electron chi connectivity index (χ3n) is 11.2. The molecule has 0 aromatic carbocycles. The van der Waals surface area contributed by atoms with E-state index in [9.17, 15) is 19.8 Å². The van der Waals surface area contributed by atoms with Crippen LogP contribution in [0.25, 0.3) is 0 Å². The summed E-state index contributed by atoms with van der Waals surface area (Å²) in [7, 11) is 0. The number of nitrogens with one attached hydrogen (secondary N) is 1. The number of hydrogen-bond donors (Lipinski definition) is 3. The van der Waals surface area contributed by atoms with Crippen molar-refractivity contribution in [1.82, 2.24) is 5.32 Å². The largest absolute Gasteiger partial charge is 0.462 e. The van der Waals surface area contributed by atoms with Crippen molar-refractivity contribution in [2.45, 2.75) is 283 Å². The molecule has 0 aliphatic heterocycles. The van der Waals surface area contributed by atoms with Gasteiger partial charge in [0.1, 0.15) is 6.10 Å². The second-order valence-corrected chi connectivity index (χ2v) is 16.5. The fourth-order valence-corrected chi connectivity index (χ4v) is 7.55. The molecule has 6 nitrogen and oxygen atoms in total. The van der Waals surface area contributed by atoms with Crippen LogP contribution in [0, 0.1) is 0 Å². The van der Waals surface area contributed by atoms with E-state index in [-0.39, 0.29) is 24.9 Å². The van der Waals surface area contributed by atoms with Crippen LogP contribution >= 0.6 is 0 Å². The molecule has 3 unspecified atom stereocenters. The molecule has 0 heterocycles. The van der Waals surface area contributed by atoms with Gasteiger partial charge >= 0.3 is 5.97 Å². The lowest BCUT2D eigenvalue weighted by Gasteiger charge is -2.24. The lowest BCUT2D eigenvalue weighted by Crippen LogP contribution is -2.46. The monoisotopic (exact) mass is 752 g/mol. The van der Waals surface area contributed by atoms with E-state index in [1.54, 1.807) is 0 Å². The first kappa shape index (κ1) is 51.9. The van der Waals surface area contributed by atoms with Crippen molar-refractivity contribution in [2.75, 3.05) is 6.61 Å². The Morgan fingerprint density at radius 2 is 0.792 bits per heavy atom. The maximum atomic E-state index is 13.1. The molecule has 3 atom stereocenters. The van der Waals surface area contributed by atoms with Gasteiger partial charge in [-0.15, -0.1) is 0 Å². The van der Waals surface area contributed by atoms with E-state index < -0.39 is 18.2 Å². The molecule has 1 amide bonds. The smallest absolute Gasteiger partial charge is 0.306 e. The van der Waals surface area contributed by atoms with Gasteiger partial charge in [-0.2, -0.15) is 0 Å². The third kappa shape index (κ3) is 37.6. The number of aliphatic hydroxyl groups is 2. The Bertz CT molecular complexity index is 761. The van der Waals surface area contributed by atoms with Crippen LogP contribution in [0.15, 0.2) is 0 Å². The zero-order valence-corrected chi connectivity index (χ0v) is 35.9. The molecule has 0 fully saturated rings. The molecular weight excluding hydrogens is 659 g/mol. The summed E-state index contributed by atoms with van der Waals surface area (Å²) in [6.07, 6.45) is 43.0. The van der Waals surface area contributed by atoms with Gasteiger partial charge in [0.25, 0.3) is 0 Å². The highest BCUT2D eigenvalue weighted by Crippen LogP contribution is 2.18. The molecule has 316 valence electrons. The molecule has 0 saturated carbocycles. The second kappa shape index (κ2) is 42.0. The molecule has 0 spiro atoms. The van der Waals surface area contributed by atoms with E-state index in [1.165, 1.54) is 173 Å². The minimum absolute atomic E-state index is 0.0868. The normalized spacial score (nSPS) is 13.2. The predicted octanol–water partition coefficient (Wildman–Crippen LogP) is 13.6. The second-order valence-electron chi connectivity index (χ2n) is 16.5. The van der Waals surface area contributed by atoms with Gasteiger partial charge in [0.2, 0.25) is 5.91 Å². The zero-order chi connectivity index (χ0) is 38.9. The van der Waals surface area contributed by atoms with Crippen LogP contribution in [-0.4, -0.2) is 46.9 Å². The maximum absolute atomic E-state index is 13.1. The highest BCUT2D eigenvalue weighted by Gasteiger charge is 2.24. The number of unbranched alkanes of at least 4 members (excludes halogenated alkanes) is 31. The van der Waals surface area contributed by atoms with Gasteiger partial charge in [-0.3, -0.25) is 9.59 Å². The average Bonchev–Trinajstić information content (AvgIpc) is 3.15. The first-order valence-corrected chi connectivity index (χ1v) is 23.8. The first-order chi connectivity index (χ1) is 26.0. The summed E-state index contributed by atoms with van der Waals surface area (Å²) >= 11 is 0. The Balaban J connectivity index is 4.50. The van der Waals surface area contributed by atoms with Gasteiger partial charge in [-0.25, -0.2) is 0 Å².